The minimum Gasteiger partial charge on any atom is -0.0991 e. The van der Waals surface area contributed by atoms with Gasteiger partial charge in [0.05, 0.1) is 0 Å². The van der Waals surface area contributed by atoms with Crippen LogP contribution in [-0.2, 0) is 0 Å². The van der Waals surface area contributed by atoms with Gasteiger partial charge in [-0.05, 0) is 47.3 Å². The van der Waals surface area contributed by atoms with Crippen LogP contribution in [0.4, 0.5) is 0 Å². The van der Waals surface area contributed by atoms with Gasteiger partial charge in [0.1, 0.15) is 0 Å². The highest BCUT2D eigenvalue weighted by atomic mass is 14.2. The van der Waals surface area contributed by atoms with Crippen LogP contribution < -0.4 is 0 Å². The number of hydrogen-bond donors (Lipinski definition) is 0. The van der Waals surface area contributed by atoms with Gasteiger partial charge in [-0.1, -0.05) is 132 Å². The fourth-order valence-corrected chi connectivity index (χ4v) is 3.61. The maximum absolute atomic E-state index is 4.33. The van der Waals surface area contributed by atoms with Crippen molar-refractivity contribution < 1.29 is 0 Å². The van der Waals surface area contributed by atoms with E-state index in [0.29, 0.717) is 0 Å². The van der Waals surface area contributed by atoms with Crippen LogP contribution in [0.25, 0.3) is 0 Å². The first-order valence-electron chi connectivity index (χ1n) is 11.4. The third-order valence-electron chi connectivity index (χ3n) is 5.93. The van der Waals surface area contributed by atoms with Gasteiger partial charge in [0.2, 0.25) is 0 Å². The molecule has 0 nitrogen and oxygen atoms in total. The molecule has 0 radical (unpaired) electrons. The van der Waals surface area contributed by atoms with E-state index in [9.17, 15) is 0 Å². The van der Waals surface area contributed by atoms with Gasteiger partial charge >= 0.3 is 0 Å². The standard InChI is InChI=1S/C32H40/c1-10-15-17-19-24(6)25(7)30-21-31(26(8)28(13-4)18-12-3)23-32(22-30)27(9)29(14-5)20-16-11-2/h10-23,25-27H,3-6H2,1-2,7-9H3/b15-10-,16-11-,19-17-,28-18+,29-20+. The third-order valence-corrected chi connectivity index (χ3v) is 5.93. The van der Waals surface area contributed by atoms with Crippen LogP contribution in [0.3, 0.4) is 0 Å². The van der Waals surface area contributed by atoms with Crippen molar-refractivity contribution in [2.75, 3.05) is 0 Å². The highest BCUT2D eigenvalue weighted by molar-refractivity contribution is 5.46. The molecular formula is C32H40. The summed E-state index contributed by atoms with van der Waals surface area (Å²) in [6.45, 7) is 27.0. The first kappa shape index (κ1) is 26.9. The molecule has 1 aromatic rings. The van der Waals surface area contributed by atoms with Gasteiger partial charge in [0, 0.05) is 17.8 Å². The molecule has 32 heavy (non-hydrogen) atoms. The van der Waals surface area contributed by atoms with Crippen LogP contribution in [0, 0.1) is 0 Å². The molecule has 0 aliphatic rings. The topological polar surface area (TPSA) is 0 Å². The van der Waals surface area contributed by atoms with E-state index in [4.69, 9.17) is 0 Å². The molecule has 3 unspecified atom stereocenters. The van der Waals surface area contributed by atoms with E-state index in [2.05, 4.69) is 83.5 Å². The number of benzene rings is 1. The Morgan fingerprint density at radius 2 is 1.16 bits per heavy atom. The molecule has 0 saturated heterocycles. The van der Waals surface area contributed by atoms with Crippen molar-refractivity contribution in [3.05, 3.63) is 145 Å². The summed E-state index contributed by atoms with van der Waals surface area (Å²) in [5.74, 6) is 0.642. The summed E-state index contributed by atoms with van der Waals surface area (Å²) in [4.78, 5) is 0. The Kier molecular flexibility index (Phi) is 11.8. The second kappa shape index (κ2) is 14.0. The number of allylic oxidation sites excluding steroid dienone is 14. The summed E-state index contributed by atoms with van der Waals surface area (Å²) < 4.78 is 0. The van der Waals surface area contributed by atoms with Crippen molar-refractivity contribution in [1.29, 1.82) is 0 Å². The lowest BCUT2D eigenvalue weighted by molar-refractivity contribution is 0.856. The fraction of sp³-hybridized carbons (Fsp3) is 0.250. The van der Waals surface area contributed by atoms with E-state index >= 15 is 0 Å². The first-order valence-corrected chi connectivity index (χ1v) is 11.4. The van der Waals surface area contributed by atoms with Crippen LogP contribution in [0.15, 0.2) is 128 Å². The Labute approximate surface area is 197 Å². The molecule has 0 N–H and O–H groups in total. The normalized spacial score (nSPS) is 15.8. The van der Waals surface area contributed by atoms with Gasteiger partial charge in [-0.3, -0.25) is 0 Å². The third kappa shape index (κ3) is 7.54. The van der Waals surface area contributed by atoms with Crippen molar-refractivity contribution >= 4 is 0 Å². The Morgan fingerprint density at radius 1 is 0.688 bits per heavy atom. The van der Waals surface area contributed by atoms with Crippen molar-refractivity contribution in [3.8, 4) is 0 Å². The van der Waals surface area contributed by atoms with Crippen LogP contribution in [-0.4, -0.2) is 0 Å². The lowest BCUT2D eigenvalue weighted by Gasteiger charge is -2.22. The fourth-order valence-electron chi connectivity index (χ4n) is 3.61. The van der Waals surface area contributed by atoms with E-state index in [1.54, 1.807) is 0 Å². The minimum absolute atomic E-state index is 0.205. The summed E-state index contributed by atoms with van der Waals surface area (Å²) in [5.41, 5.74) is 7.25. The molecular weight excluding hydrogens is 384 g/mol. The summed E-state index contributed by atoms with van der Waals surface area (Å²) in [5, 5.41) is 0. The molecule has 168 valence electrons. The van der Waals surface area contributed by atoms with E-state index in [-0.39, 0.29) is 17.8 Å². The van der Waals surface area contributed by atoms with Gasteiger partial charge in [0.15, 0.2) is 0 Å². The number of hydrogen-bond acceptors (Lipinski definition) is 0. The molecule has 0 spiro atoms. The lowest BCUT2D eigenvalue weighted by atomic mass is 9.82. The molecule has 3 atom stereocenters. The molecule has 0 aliphatic carbocycles. The second-order valence-electron chi connectivity index (χ2n) is 8.06. The quantitative estimate of drug-likeness (QED) is 0.293. The van der Waals surface area contributed by atoms with Gasteiger partial charge < -0.3 is 0 Å². The van der Waals surface area contributed by atoms with Crippen molar-refractivity contribution in [3.63, 3.8) is 0 Å². The monoisotopic (exact) mass is 424 g/mol. The van der Waals surface area contributed by atoms with E-state index in [0.717, 1.165) is 11.1 Å². The van der Waals surface area contributed by atoms with E-state index < -0.39 is 0 Å². The lowest BCUT2D eigenvalue weighted by Crippen LogP contribution is -2.05. The smallest absolute Gasteiger partial charge is 0.00609 e. The maximum Gasteiger partial charge on any atom is 0.00609 e. The zero-order valence-electron chi connectivity index (χ0n) is 20.6. The molecule has 0 saturated carbocycles. The van der Waals surface area contributed by atoms with Gasteiger partial charge in [-0.2, -0.15) is 0 Å². The van der Waals surface area contributed by atoms with Crippen molar-refractivity contribution in [1.82, 2.24) is 0 Å². The first-order chi connectivity index (χ1) is 15.3. The van der Waals surface area contributed by atoms with Crippen LogP contribution >= 0.6 is 0 Å². The highest BCUT2D eigenvalue weighted by Crippen LogP contribution is 2.35. The predicted molar refractivity (Wildman–Crippen MR) is 146 cm³/mol. The Morgan fingerprint density at radius 3 is 1.59 bits per heavy atom. The van der Waals surface area contributed by atoms with Crippen molar-refractivity contribution in [2.45, 2.75) is 52.4 Å². The van der Waals surface area contributed by atoms with E-state index in [1.165, 1.54) is 22.3 Å². The second-order valence-corrected chi connectivity index (χ2v) is 8.06. The average Bonchev–Trinajstić information content (AvgIpc) is 2.81. The number of rotatable bonds is 12. The molecule has 1 rings (SSSR count). The predicted octanol–water partition coefficient (Wildman–Crippen LogP) is 9.67. The average molecular weight is 425 g/mol. The molecule has 1 aromatic carbocycles. The van der Waals surface area contributed by atoms with Gasteiger partial charge in [0.25, 0.3) is 0 Å². The van der Waals surface area contributed by atoms with Crippen LogP contribution in [0.5, 0.6) is 0 Å². The summed E-state index contributed by atoms with van der Waals surface area (Å²) in [6.07, 6.45) is 22.2. The largest absolute Gasteiger partial charge is 0.0991 e. The highest BCUT2D eigenvalue weighted by Gasteiger charge is 2.18. The van der Waals surface area contributed by atoms with Crippen LogP contribution in [0.2, 0.25) is 0 Å². The SMILES string of the molecule is C=C/C=C(\C=C)C(C)c1cc(C(C)C(=C)/C=C\C=C/C)cc(C(C)/C(C=C)=C/C=C\C)c1. The van der Waals surface area contributed by atoms with E-state index in [1.807, 2.05) is 62.5 Å². The minimum atomic E-state index is 0.205. The molecule has 0 aliphatic heterocycles. The maximum atomic E-state index is 4.33. The summed E-state index contributed by atoms with van der Waals surface area (Å²) in [7, 11) is 0. The molecule has 0 heterocycles. The Bertz CT molecular complexity index is 956. The van der Waals surface area contributed by atoms with Gasteiger partial charge in [-0.25, -0.2) is 0 Å². The zero-order chi connectivity index (χ0) is 24.1. The molecule has 0 fully saturated rings. The Hall–Kier alpha value is -3.12. The van der Waals surface area contributed by atoms with Gasteiger partial charge in [-0.15, -0.1) is 0 Å². The van der Waals surface area contributed by atoms with Crippen LogP contribution in [0.1, 0.15) is 69.1 Å². The molecule has 0 amide bonds. The van der Waals surface area contributed by atoms with Crippen molar-refractivity contribution in [2.24, 2.45) is 0 Å². The summed E-state index contributed by atoms with van der Waals surface area (Å²) in [6, 6.07) is 6.94. The Balaban J connectivity index is 3.62. The zero-order valence-corrected chi connectivity index (χ0v) is 20.6. The molecule has 0 heteroatoms. The summed E-state index contributed by atoms with van der Waals surface area (Å²) >= 11 is 0. The molecule has 0 bridgehead atoms. The molecule has 0 aromatic heterocycles.